The summed E-state index contributed by atoms with van der Waals surface area (Å²) >= 11 is 6.41. The summed E-state index contributed by atoms with van der Waals surface area (Å²) in [5.74, 6) is 1.01. The molecule has 3 N–H and O–H groups in total. The lowest BCUT2D eigenvalue weighted by atomic mass is 9.99. The average Bonchev–Trinajstić information content (AvgIpc) is 2.93. The monoisotopic (exact) mass is 600 g/mol. The number of benzene rings is 2. The van der Waals surface area contributed by atoms with Gasteiger partial charge < -0.3 is 19.5 Å². The van der Waals surface area contributed by atoms with Crippen molar-refractivity contribution in [3.63, 3.8) is 0 Å². The number of ketones is 1. The second kappa shape index (κ2) is 14.1. The third-order valence-corrected chi connectivity index (χ3v) is 7.43. The smallest absolute Gasteiger partial charge is 0.490 e. The molecule has 4 rings (SSSR count). The fourth-order valence-corrected chi connectivity index (χ4v) is 5.13. The van der Waals surface area contributed by atoms with Crippen LogP contribution in [0.1, 0.15) is 31.7 Å². The molecule has 41 heavy (non-hydrogen) atoms. The summed E-state index contributed by atoms with van der Waals surface area (Å²) < 4.78 is 22.3. The molecule has 0 unspecified atom stereocenters. The Balaban J connectivity index is 1.49. The van der Waals surface area contributed by atoms with Crippen LogP contribution in [-0.4, -0.2) is 56.7 Å². The molecule has 1 aliphatic rings. The van der Waals surface area contributed by atoms with Crippen LogP contribution in [-0.2, 0) is 15.8 Å². The minimum atomic E-state index is -4.80. The quantitative estimate of drug-likeness (QED) is 0.125. The van der Waals surface area contributed by atoms with Gasteiger partial charge in [0, 0.05) is 30.3 Å². The summed E-state index contributed by atoms with van der Waals surface area (Å²) in [6.45, 7) is 9.14. The van der Waals surface area contributed by atoms with E-state index in [1.165, 1.54) is 31.2 Å². The molecule has 0 spiro atoms. The fourth-order valence-electron chi connectivity index (χ4n) is 4.52. The van der Waals surface area contributed by atoms with Crippen molar-refractivity contribution in [1.29, 1.82) is 0 Å². The van der Waals surface area contributed by atoms with Crippen LogP contribution in [0.5, 0.6) is 11.5 Å². The van der Waals surface area contributed by atoms with Crippen molar-refractivity contribution in [3.05, 3.63) is 71.9 Å². The fraction of sp³-hybridized carbons (Fsp3) is 0.345. The van der Waals surface area contributed by atoms with Crippen molar-refractivity contribution in [1.82, 2.24) is 14.9 Å². The standard InChI is InChI=1S/C29H34ClN4O6P/c1-3-24(35)17-21-6-4-7-22(16-21)28-25(30)19-31-29(33-28)32-23-8-9-26(40-41(36,37)38)27(18-23)39-15-5-12-34-13-10-20(2)11-14-34/h3-4,6-9,16,18-20H,1,5,10-15,17H2,2H3,(H,31,32,33)(H2,36,37,38). The van der Waals surface area contributed by atoms with E-state index in [4.69, 9.17) is 20.9 Å². The number of carbonyl (C=O) groups is 1. The van der Waals surface area contributed by atoms with Crippen LogP contribution < -0.4 is 14.6 Å². The van der Waals surface area contributed by atoms with Crippen LogP contribution in [0.15, 0.2) is 61.3 Å². The summed E-state index contributed by atoms with van der Waals surface area (Å²) in [5, 5.41) is 3.42. The molecule has 2 heterocycles. The molecule has 10 nitrogen and oxygen atoms in total. The second-order valence-corrected chi connectivity index (χ2v) is 11.6. The van der Waals surface area contributed by atoms with Crippen molar-refractivity contribution in [3.8, 4) is 22.8 Å². The summed E-state index contributed by atoms with van der Waals surface area (Å²) in [6.07, 6.45) is 6.09. The number of piperidine rings is 1. The first kappa shape index (κ1) is 30.7. The zero-order valence-corrected chi connectivity index (χ0v) is 24.5. The maximum absolute atomic E-state index is 11.8. The van der Waals surface area contributed by atoms with Crippen LogP contribution in [0.3, 0.4) is 0 Å². The van der Waals surface area contributed by atoms with Gasteiger partial charge in [-0.1, -0.05) is 43.3 Å². The molecule has 1 aromatic heterocycles. The van der Waals surface area contributed by atoms with E-state index in [0.29, 0.717) is 28.6 Å². The number of nitrogens with zero attached hydrogens (tertiary/aromatic N) is 3. The molecule has 1 saturated heterocycles. The maximum Gasteiger partial charge on any atom is 0.524 e. The van der Waals surface area contributed by atoms with Gasteiger partial charge in [0.2, 0.25) is 5.95 Å². The van der Waals surface area contributed by atoms with Crippen molar-refractivity contribution < 1.29 is 28.4 Å². The molecule has 2 aromatic carbocycles. The van der Waals surface area contributed by atoms with Gasteiger partial charge in [-0.3, -0.25) is 14.6 Å². The Morgan fingerprint density at radius 1 is 1.22 bits per heavy atom. The number of ether oxygens (including phenoxy) is 1. The van der Waals surface area contributed by atoms with Gasteiger partial charge in [-0.25, -0.2) is 14.5 Å². The molecule has 0 aliphatic carbocycles. The largest absolute Gasteiger partial charge is 0.524 e. The molecular weight excluding hydrogens is 567 g/mol. The maximum atomic E-state index is 11.8. The highest BCUT2D eigenvalue weighted by molar-refractivity contribution is 7.46. The van der Waals surface area contributed by atoms with Crippen molar-refractivity contribution >= 4 is 36.8 Å². The molecule has 1 aliphatic heterocycles. The van der Waals surface area contributed by atoms with Crippen LogP contribution in [0, 0.1) is 5.92 Å². The number of allylic oxidation sites excluding steroid dienone is 1. The molecule has 0 atom stereocenters. The highest BCUT2D eigenvalue weighted by Crippen LogP contribution is 2.43. The number of anilines is 2. The highest BCUT2D eigenvalue weighted by Gasteiger charge is 2.20. The molecule has 0 saturated carbocycles. The topological polar surface area (TPSA) is 134 Å². The number of phosphoric acid groups is 1. The summed E-state index contributed by atoms with van der Waals surface area (Å²) in [5.41, 5.74) is 2.50. The zero-order valence-electron chi connectivity index (χ0n) is 22.8. The molecule has 1 fully saturated rings. The first-order chi connectivity index (χ1) is 19.6. The van der Waals surface area contributed by atoms with Gasteiger partial charge in [-0.05, 0) is 68.1 Å². The van der Waals surface area contributed by atoms with Gasteiger partial charge >= 0.3 is 7.82 Å². The van der Waals surface area contributed by atoms with Gasteiger partial charge in [0.05, 0.1) is 23.5 Å². The lowest BCUT2D eigenvalue weighted by molar-refractivity contribution is -0.114. The Bertz CT molecular complexity index is 1420. The van der Waals surface area contributed by atoms with E-state index < -0.39 is 7.82 Å². The first-order valence-electron chi connectivity index (χ1n) is 13.4. The first-order valence-corrected chi connectivity index (χ1v) is 15.3. The minimum Gasteiger partial charge on any atom is -0.490 e. The van der Waals surface area contributed by atoms with E-state index >= 15 is 0 Å². The summed E-state index contributed by atoms with van der Waals surface area (Å²) in [7, 11) is -4.80. The average molecular weight is 601 g/mol. The highest BCUT2D eigenvalue weighted by atomic mass is 35.5. The van der Waals surface area contributed by atoms with E-state index in [2.05, 4.69) is 33.7 Å². The van der Waals surface area contributed by atoms with Gasteiger partial charge in [-0.2, -0.15) is 0 Å². The predicted octanol–water partition coefficient (Wildman–Crippen LogP) is 5.81. The summed E-state index contributed by atoms with van der Waals surface area (Å²) in [6, 6.07) is 11.9. The van der Waals surface area contributed by atoms with E-state index in [9.17, 15) is 19.1 Å². The third-order valence-electron chi connectivity index (χ3n) is 6.72. The molecule has 0 amide bonds. The zero-order chi connectivity index (χ0) is 29.4. The Kier molecular flexibility index (Phi) is 10.5. The SMILES string of the molecule is C=CC(=O)Cc1cccc(-c2nc(Nc3ccc(OP(=O)(O)O)c(OCCCN4CCC(C)CC4)c3)ncc2Cl)c1. The van der Waals surface area contributed by atoms with Crippen molar-refractivity contribution in [2.45, 2.75) is 32.6 Å². The van der Waals surface area contributed by atoms with Crippen molar-refractivity contribution in [2.75, 3.05) is 31.6 Å². The van der Waals surface area contributed by atoms with Gasteiger partial charge in [-0.15, -0.1) is 0 Å². The molecule has 0 radical (unpaired) electrons. The van der Waals surface area contributed by atoms with E-state index in [-0.39, 0.29) is 29.7 Å². The van der Waals surface area contributed by atoms with E-state index in [0.717, 1.165) is 37.5 Å². The Morgan fingerprint density at radius 2 is 2.00 bits per heavy atom. The molecule has 218 valence electrons. The second-order valence-electron chi connectivity index (χ2n) is 10.0. The number of nitrogens with one attached hydrogen (secondary N) is 1. The lowest BCUT2D eigenvalue weighted by Gasteiger charge is -2.30. The number of carbonyl (C=O) groups excluding carboxylic acids is 1. The van der Waals surface area contributed by atoms with Crippen LogP contribution in [0.4, 0.5) is 11.6 Å². The molecule has 12 heteroatoms. The number of hydrogen-bond acceptors (Lipinski definition) is 8. The van der Waals surface area contributed by atoms with Gasteiger partial charge in [0.1, 0.15) is 0 Å². The summed E-state index contributed by atoms with van der Waals surface area (Å²) in [4.78, 5) is 41.8. The van der Waals surface area contributed by atoms with Crippen LogP contribution in [0.25, 0.3) is 11.3 Å². The number of phosphoric ester groups is 1. The number of rotatable bonds is 13. The van der Waals surface area contributed by atoms with Crippen LogP contribution >= 0.6 is 19.4 Å². The van der Waals surface area contributed by atoms with E-state index in [1.54, 1.807) is 12.1 Å². The molecule has 3 aromatic rings. The number of aromatic nitrogens is 2. The molecule has 0 bridgehead atoms. The lowest BCUT2D eigenvalue weighted by Crippen LogP contribution is -2.34. The third kappa shape index (κ3) is 9.38. The Hall–Kier alpha value is -3.27. The molecular formula is C29H34ClN4O6P. The Morgan fingerprint density at radius 3 is 2.73 bits per heavy atom. The van der Waals surface area contributed by atoms with Gasteiger partial charge in [0.15, 0.2) is 17.3 Å². The normalized spacial score (nSPS) is 14.4. The number of halogens is 1. The van der Waals surface area contributed by atoms with E-state index in [1.807, 2.05) is 24.3 Å². The van der Waals surface area contributed by atoms with Gasteiger partial charge in [0.25, 0.3) is 0 Å². The Labute approximate surface area is 244 Å². The predicted molar refractivity (Wildman–Crippen MR) is 159 cm³/mol. The van der Waals surface area contributed by atoms with Crippen molar-refractivity contribution in [2.24, 2.45) is 5.92 Å². The number of likely N-dealkylation sites (tertiary alicyclic amines) is 1. The minimum absolute atomic E-state index is 0.0701. The van der Waals surface area contributed by atoms with Crippen LogP contribution in [0.2, 0.25) is 5.02 Å². The number of hydrogen-bond donors (Lipinski definition) is 3.